The SMILES string of the molecule is Cc1ccc(C(C)(C)C)cc1C(O)CCNC1CC1. The standard InChI is InChI=1S/C17H27NO/c1-12-5-6-13(17(2,3)4)11-15(12)16(19)9-10-18-14-7-8-14/h5-6,11,14,16,18-19H,7-10H2,1-4H3. The van der Waals surface area contributed by atoms with Crippen LogP contribution in [0, 0.1) is 6.92 Å². The van der Waals surface area contributed by atoms with E-state index in [1.165, 1.54) is 24.0 Å². The molecule has 2 heteroatoms. The van der Waals surface area contributed by atoms with Crippen molar-refractivity contribution in [3.63, 3.8) is 0 Å². The minimum absolute atomic E-state index is 0.133. The van der Waals surface area contributed by atoms with Crippen LogP contribution in [-0.4, -0.2) is 17.7 Å². The lowest BCUT2D eigenvalue weighted by molar-refractivity contribution is 0.166. The fraction of sp³-hybridized carbons (Fsp3) is 0.647. The number of aryl methyl sites for hydroxylation is 1. The van der Waals surface area contributed by atoms with E-state index in [9.17, 15) is 5.11 Å². The second kappa shape index (κ2) is 5.64. The predicted octanol–water partition coefficient (Wildman–Crippen LogP) is 3.47. The van der Waals surface area contributed by atoms with Crippen LogP contribution in [0.3, 0.4) is 0 Å². The molecule has 0 saturated heterocycles. The summed E-state index contributed by atoms with van der Waals surface area (Å²) in [5, 5.41) is 13.8. The maximum absolute atomic E-state index is 10.4. The second-order valence-electron chi connectivity index (χ2n) is 6.85. The van der Waals surface area contributed by atoms with E-state index in [1.807, 2.05) is 0 Å². The molecule has 1 aliphatic carbocycles. The highest BCUT2D eigenvalue weighted by Gasteiger charge is 2.21. The largest absolute Gasteiger partial charge is 0.388 e. The van der Waals surface area contributed by atoms with E-state index < -0.39 is 0 Å². The third-order valence-electron chi connectivity index (χ3n) is 3.93. The zero-order chi connectivity index (χ0) is 14.0. The van der Waals surface area contributed by atoms with Gasteiger partial charge < -0.3 is 10.4 Å². The molecule has 1 aromatic carbocycles. The lowest BCUT2D eigenvalue weighted by atomic mass is 9.84. The van der Waals surface area contributed by atoms with Crippen molar-refractivity contribution in [2.45, 2.75) is 64.5 Å². The maximum Gasteiger partial charge on any atom is 0.0804 e. The van der Waals surface area contributed by atoms with E-state index in [4.69, 9.17) is 0 Å². The van der Waals surface area contributed by atoms with Crippen LogP contribution in [0.15, 0.2) is 18.2 Å². The zero-order valence-electron chi connectivity index (χ0n) is 12.7. The highest BCUT2D eigenvalue weighted by molar-refractivity contribution is 5.35. The molecule has 2 N–H and O–H groups in total. The Balaban J connectivity index is 2.03. The lowest BCUT2D eigenvalue weighted by Crippen LogP contribution is -2.20. The van der Waals surface area contributed by atoms with Gasteiger partial charge in [0.15, 0.2) is 0 Å². The third kappa shape index (κ3) is 4.05. The number of rotatable bonds is 5. The van der Waals surface area contributed by atoms with E-state index in [1.54, 1.807) is 0 Å². The van der Waals surface area contributed by atoms with Gasteiger partial charge in [0.1, 0.15) is 0 Å². The Labute approximate surface area is 117 Å². The lowest BCUT2D eigenvalue weighted by Gasteiger charge is -2.22. The summed E-state index contributed by atoms with van der Waals surface area (Å²) >= 11 is 0. The average Bonchev–Trinajstić information content (AvgIpc) is 3.12. The summed E-state index contributed by atoms with van der Waals surface area (Å²) in [7, 11) is 0. The molecule has 1 aromatic rings. The minimum atomic E-state index is -0.353. The van der Waals surface area contributed by atoms with Crippen LogP contribution in [0.25, 0.3) is 0 Å². The zero-order valence-corrected chi connectivity index (χ0v) is 12.7. The van der Waals surface area contributed by atoms with Gasteiger partial charge >= 0.3 is 0 Å². The first-order chi connectivity index (χ1) is 8.88. The molecule has 0 aliphatic heterocycles. The fourth-order valence-electron chi connectivity index (χ4n) is 2.33. The molecule has 0 amide bonds. The fourth-order valence-corrected chi connectivity index (χ4v) is 2.33. The first kappa shape index (κ1) is 14.5. The van der Waals surface area contributed by atoms with E-state index in [2.05, 4.69) is 51.2 Å². The van der Waals surface area contributed by atoms with Gasteiger partial charge in [0.2, 0.25) is 0 Å². The van der Waals surface area contributed by atoms with Gasteiger partial charge in [-0.15, -0.1) is 0 Å². The Kier molecular flexibility index (Phi) is 4.32. The smallest absolute Gasteiger partial charge is 0.0804 e. The molecule has 1 unspecified atom stereocenters. The van der Waals surface area contributed by atoms with Crippen LogP contribution in [-0.2, 0) is 5.41 Å². The molecular weight excluding hydrogens is 234 g/mol. The van der Waals surface area contributed by atoms with Crippen molar-refractivity contribution in [1.82, 2.24) is 5.32 Å². The van der Waals surface area contributed by atoms with Crippen molar-refractivity contribution >= 4 is 0 Å². The molecule has 0 heterocycles. The number of hydrogen-bond acceptors (Lipinski definition) is 2. The van der Waals surface area contributed by atoms with Crippen LogP contribution < -0.4 is 5.32 Å². The molecule has 106 valence electrons. The molecular formula is C17H27NO. The van der Waals surface area contributed by atoms with Crippen molar-refractivity contribution in [3.05, 3.63) is 34.9 Å². The normalized spacial score (nSPS) is 17.5. The van der Waals surface area contributed by atoms with Crippen molar-refractivity contribution < 1.29 is 5.11 Å². The van der Waals surface area contributed by atoms with Crippen LogP contribution in [0.4, 0.5) is 0 Å². The molecule has 1 saturated carbocycles. The van der Waals surface area contributed by atoms with Crippen molar-refractivity contribution in [2.24, 2.45) is 0 Å². The van der Waals surface area contributed by atoms with E-state index in [0.717, 1.165) is 18.5 Å². The van der Waals surface area contributed by atoms with Gasteiger partial charge in [0, 0.05) is 6.04 Å². The molecule has 2 nitrogen and oxygen atoms in total. The summed E-state index contributed by atoms with van der Waals surface area (Å²) in [5.41, 5.74) is 3.70. The first-order valence-corrected chi connectivity index (χ1v) is 7.40. The van der Waals surface area contributed by atoms with Crippen LogP contribution in [0.1, 0.15) is 62.8 Å². The second-order valence-corrected chi connectivity index (χ2v) is 6.85. The highest BCUT2D eigenvalue weighted by Crippen LogP contribution is 2.28. The van der Waals surface area contributed by atoms with Crippen molar-refractivity contribution in [3.8, 4) is 0 Å². The molecule has 2 rings (SSSR count). The third-order valence-corrected chi connectivity index (χ3v) is 3.93. The summed E-state index contributed by atoms with van der Waals surface area (Å²) in [6.07, 6.45) is 3.04. The van der Waals surface area contributed by atoms with Crippen LogP contribution >= 0.6 is 0 Å². The Morgan fingerprint density at radius 2 is 2.00 bits per heavy atom. The topological polar surface area (TPSA) is 32.3 Å². The minimum Gasteiger partial charge on any atom is -0.388 e. The summed E-state index contributed by atoms with van der Waals surface area (Å²) in [4.78, 5) is 0. The molecule has 19 heavy (non-hydrogen) atoms. The highest BCUT2D eigenvalue weighted by atomic mass is 16.3. The number of nitrogens with one attached hydrogen (secondary N) is 1. The van der Waals surface area contributed by atoms with Gasteiger partial charge in [-0.3, -0.25) is 0 Å². The van der Waals surface area contributed by atoms with Crippen LogP contribution in [0.2, 0.25) is 0 Å². The van der Waals surface area contributed by atoms with Gasteiger partial charge in [0.05, 0.1) is 6.10 Å². The molecule has 0 bridgehead atoms. The van der Waals surface area contributed by atoms with Gasteiger partial charge in [0.25, 0.3) is 0 Å². The van der Waals surface area contributed by atoms with Gasteiger partial charge in [-0.25, -0.2) is 0 Å². The molecule has 0 spiro atoms. The van der Waals surface area contributed by atoms with Crippen LogP contribution in [0.5, 0.6) is 0 Å². The molecule has 0 radical (unpaired) electrons. The van der Waals surface area contributed by atoms with Crippen molar-refractivity contribution in [1.29, 1.82) is 0 Å². The summed E-state index contributed by atoms with van der Waals surface area (Å²) in [6.45, 7) is 9.62. The number of aliphatic hydroxyl groups is 1. The molecule has 1 fully saturated rings. The van der Waals surface area contributed by atoms with E-state index in [-0.39, 0.29) is 11.5 Å². The Hall–Kier alpha value is -0.860. The Morgan fingerprint density at radius 1 is 1.32 bits per heavy atom. The molecule has 1 aliphatic rings. The average molecular weight is 261 g/mol. The maximum atomic E-state index is 10.4. The van der Waals surface area contributed by atoms with Gasteiger partial charge in [-0.2, -0.15) is 0 Å². The number of aliphatic hydroxyl groups excluding tert-OH is 1. The molecule has 1 atom stereocenters. The number of benzene rings is 1. The molecule has 0 aromatic heterocycles. The first-order valence-electron chi connectivity index (χ1n) is 7.40. The van der Waals surface area contributed by atoms with E-state index in [0.29, 0.717) is 6.04 Å². The van der Waals surface area contributed by atoms with E-state index >= 15 is 0 Å². The van der Waals surface area contributed by atoms with Gasteiger partial charge in [-0.1, -0.05) is 39.0 Å². The van der Waals surface area contributed by atoms with Crippen molar-refractivity contribution in [2.75, 3.05) is 6.54 Å². The monoisotopic (exact) mass is 261 g/mol. The summed E-state index contributed by atoms with van der Waals surface area (Å²) < 4.78 is 0. The Bertz CT molecular complexity index is 429. The van der Waals surface area contributed by atoms with Gasteiger partial charge in [-0.05, 0) is 54.8 Å². The number of hydrogen-bond donors (Lipinski definition) is 2. The summed E-state index contributed by atoms with van der Waals surface area (Å²) in [5.74, 6) is 0. The summed E-state index contributed by atoms with van der Waals surface area (Å²) in [6, 6.07) is 7.20. The Morgan fingerprint density at radius 3 is 2.58 bits per heavy atom. The quantitative estimate of drug-likeness (QED) is 0.850. The predicted molar refractivity (Wildman–Crippen MR) is 80.5 cm³/mol.